The van der Waals surface area contributed by atoms with E-state index in [-0.39, 0.29) is 18.0 Å². The lowest BCUT2D eigenvalue weighted by Crippen LogP contribution is -2.28. The summed E-state index contributed by atoms with van der Waals surface area (Å²) in [5.74, 6) is -2.68. The molecule has 0 radical (unpaired) electrons. The number of ketones is 2. The lowest BCUT2D eigenvalue weighted by molar-refractivity contribution is -0.147. The molecule has 0 spiro atoms. The largest absolute Gasteiger partial charge is 0.453 e. The van der Waals surface area contributed by atoms with E-state index in [0.29, 0.717) is 19.3 Å². The van der Waals surface area contributed by atoms with Crippen LogP contribution in [-0.4, -0.2) is 23.6 Å². The van der Waals surface area contributed by atoms with Crippen molar-refractivity contribution >= 4 is 17.5 Å². The van der Waals surface area contributed by atoms with E-state index in [0.717, 1.165) is 11.1 Å². The number of cyclic esters (lactones) is 1. The monoisotopic (exact) mass is 336 g/mol. The Kier molecular flexibility index (Phi) is 5.39. The summed E-state index contributed by atoms with van der Waals surface area (Å²) in [6.07, 6.45) is 0.928. The molecule has 1 fully saturated rings. The van der Waals surface area contributed by atoms with Crippen LogP contribution in [0.2, 0.25) is 0 Å². The van der Waals surface area contributed by atoms with Gasteiger partial charge in [-0.2, -0.15) is 0 Å². The Morgan fingerprint density at radius 3 is 2.00 bits per heavy atom. The third-order valence-electron chi connectivity index (χ3n) is 4.46. The normalized spacial score (nSPS) is 19.7. The third-order valence-corrected chi connectivity index (χ3v) is 4.46. The Balaban J connectivity index is 1.56. The Hall–Kier alpha value is -2.75. The van der Waals surface area contributed by atoms with E-state index >= 15 is 0 Å². The molecule has 2 unspecified atom stereocenters. The number of ether oxygens (including phenoxy) is 1. The summed E-state index contributed by atoms with van der Waals surface area (Å²) >= 11 is 0. The predicted octanol–water partition coefficient (Wildman–Crippen LogP) is 2.93. The van der Waals surface area contributed by atoms with Crippen molar-refractivity contribution in [3.63, 3.8) is 0 Å². The quantitative estimate of drug-likeness (QED) is 0.576. The molecule has 1 heterocycles. The van der Waals surface area contributed by atoms with Crippen LogP contribution in [0.3, 0.4) is 0 Å². The molecule has 25 heavy (non-hydrogen) atoms. The van der Waals surface area contributed by atoms with Crippen LogP contribution in [-0.2, 0) is 32.0 Å². The number of esters is 1. The van der Waals surface area contributed by atoms with Crippen molar-refractivity contribution in [2.75, 3.05) is 0 Å². The number of aryl methyl sites for hydroxylation is 2. The summed E-state index contributed by atoms with van der Waals surface area (Å²) in [5, 5.41) is 0. The second-order valence-electron chi connectivity index (χ2n) is 6.24. The summed E-state index contributed by atoms with van der Waals surface area (Å²) in [7, 11) is 0. The first-order valence-corrected chi connectivity index (χ1v) is 8.50. The maximum atomic E-state index is 12.4. The van der Waals surface area contributed by atoms with Crippen LogP contribution in [0.15, 0.2) is 60.7 Å². The first-order valence-electron chi connectivity index (χ1n) is 8.50. The summed E-state index contributed by atoms with van der Waals surface area (Å²) in [6, 6.07) is 19.2. The van der Waals surface area contributed by atoms with Crippen molar-refractivity contribution in [3.8, 4) is 0 Å². The minimum absolute atomic E-state index is 0.168. The van der Waals surface area contributed by atoms with Crippen LogP contribution in [0, 0.1) is 5.92 Å². The zero-order valence-electron chi connectivity index (χ0n) is 13.9. The zero-order chi connectivity index (χ0) is 17.6. The summed E-state index contributed by atoms with van der Waals surface area (Å²) < 4.78 is 5.17. The Morgan fingerprint density at radius 1 is 0.840 bits per heavy atom. The van der Waals surface area contributed by atoms with Crippen molar-refractivity contribution in [1.82, 2.24) is 0 Å². The van der Waals surface area contributed by atoms with Crippen LogP contribution in [0.25, 0.3) is 0 Å². The van der Waals surface area contributed by atoms with Gasteiger partial charge in [-0.3, -0.25) is 14.4 Å². The van der Waals surface area contributed by atoms with Crippen LogP contribution >= 0.6 is 0 Å². The number of Topliss-reactive ketones (excluding diaryl/α,β-unsaturated/α-hetero) is 2. The molecule has 0 saturated carbocycles. The maximum absolute atomic E-state index is 12.4. The fraction of sp³-hybridized carbons (Fsp3) is 0.286. The van der Waals surface area contributed by atoms with Gasteiger partial charge in [0.15, 0.2) is 23.6 Å². The van der Waals surface area contributed by atoms with Crippen molar-refractivity contribution in [3.05, 3.63) is 71.8 Å². The molecular weight excluding hydrogens is 316 g/mol. The standard InChI is InChI=1S/C21H20O4/c22-17(13-11-15-7-3-1-4-8-15)19-20(23)18(25-21(19)24)14-12-16-9-5-2-6-10-16/h1-10,18-19H,11-14H2. The van der Waals surface area contributed by atoms with E-state index in [1.807, 2.05) is 60.7 Å². The van der Waals surface area contributed by atoms with Gasteiger partial charge in [0.2, 0.25) is 0 Å². The third kappa shape index (κ3) is 4.21. The van der Waals surface area contributed by atoms with Gasteiger partial charge in [-0.1, -0.05) is 60.7 Å². The van der Waals surface area contributed by atoms with Gasteiger partial charge < -0.3 is 4.74 Å². The summed E-state index contributed by atoms with van der Waals surface area (Å²) in [5.41, 5.74) is 2.08. The molecule has 2 aromatic rings. The van der Waals surface area contributed by atoms with Gasteiger partial charge in [0.1, 0.15) is 0 Å². The molecule has 128 valence electrons. The fourth-order valence-electron chi connectivity index (χ4n) is 3.06. The van der Waals surface area contributed by atoms with E-state index in [9.17, 15) is 14.4 Å². The average Bonchev–Trinajstić information content (AvgIpc) is 2.93. The second kappa shape index (κ2) is 7.88. The first kappa shape index (κ1) is 17.1. The fourth-order valence-corrected chi connectivity index (χ4v) is 3.06. The number of carbonyl (C=O) groups excluding carboxylic acids is 3. The molecule has 0 aromatic heterocycles. The highest BCUT2D eigenvalue weighted by atomic mass is 16.6. The lowest BCUT2D eigenvalue weighted by atomic mass is 9.92. The highest BCUT2D eigenvalue weighted by Crippen LogP contribution is 2.23. The molecular formula is C21H20O4. The Bertz CT molecular complexity index is 752. The number of hydrogen-bond acceptors (Lipinski definition) is 4. The molecule has 0 amide bonds. The van der Waals surface area contributed by atoms with Crippen LogP contribution in [0.4, 0.5) is 0 Å². The Labute approximate surface area is 146 Å². The molecule has 0 bridgehead atoms. The van der Waals surface area contributed by atoms with E-state index in [4.69, 9.17) is 4.74 Å². The van der Waals surface area contributed by atoms with Crippen LogP contribution in [0.5, 0.6) is 0 Å². The first-order chi connectivity index (χ1) is 12.1. The molecule has 4 heteroatoms. The van der Waals surface area contributed by atoms with Crippen LogP contribution < -0.4 is 0 Å². The minimum Gasteiger partial charge on any atom is -0.453 e. The van der Waals surface area contributed by atoms with E-state index in [2.05, 4.69) is 0 Å². The lowest BCUT2D eigenvalue weighted by Gasteiger charge is -2.07. The number of hydrogen-bond donors (Lipinski definition) is 0. The smallest absolute Gasteiger partial charge is 0.325 e. The highest BCUT2D eigenvalue weighted by Gasteiger charge is 2.46. The molecule has 1 aliphatic rings. The van der Waals surface area contributed by atoms with Crippen molar-refractivity contribution in [2.45, 2.75) is 31.8 Å². The van der Waals surface area contributed by atoms with Gasteiger partial charge in [-0.05, 0) is 30.4 Å². The number of rotatable bonds is 7. The predicted molar refractivity (Wildman–Crippen MR) is 92.9 cm³/mol. The van der Waals surface area contributed by atoms with Crippen molar-refractivity contribution in [1.29, 1.82) is 0 Å². The van der Waals surface area contributed by atoms with Gasteiger partial charge in [0, 0.05) is 6.42 Å². The SMILES string of the molecule is O=C(CCc1ccccc1)C1C(=O)OC(CCc2ccccc2)C1=O. The van der Waals surface area contributed by atoms with Gasteiger partial charge in [-0.25, -0.2) is 0 Å². The van der Waals surface area contributed by atoms with E-state index in [1.54, 1.807) is 0 Å². The molecule has 0 aliphatic carbocycles. The molecule has 4 nitrogen and oxygen atoms in total. The average molecular weight is 336 g/mol. The Morgan fingerprint density at radius 2 is 1.40 bits per heavy atom. The maximum Gasteiger partial charge on any atom is 0.325 e. The zero-order valence-corrected chi connectivity index (χ0v) is 13.9. The van der Waals surface area contributed by atoms with E-state index < -0.39 is 18.0 Å². The molecule has 2 aromatic carbocycles. The van der Waals surface area contributed by atoms with E-state index in [1.165, 1.54) is 0 Å². The molecule has 1 aliphatic heterocycles. The highest BCUT2D eigenvalue weighted by molar-refractivity contribution is 6.21. The van der Waals surface area contributed by atoms with Gasteiger partial charge in [0.05, 0.1) is 0 Å². The summed E-state index contributed by atoms with van der Waals surface area (Å²) in [6.45, 7) is 0. The molecule has 2 atom stereocenters. The van der Waals surface area contributed by atoms with Crippen molar-refractivity contribution < 1.29 is 19.1 Å². The molecule has 1 saturated heterocycles. The number of carbonyl (C=O) groups is 3. The molecule has 0 N–H and O–H groups in total. The number of benzene rings is 2. The molecule has 3 rings (SSSR count). The summed E-state index contributed by atoms with van der Waals surface area (Å²) in [4.78, 5) is 36.8. The minimum atomic E-state index is -1.25. The van der Waals surface area contributed by atoms with Gasteiger partial charge in [-0.15, -0.1) is 0 Å². The van der Waals surface area contributed by atoms with Crippen molar-refractivity contribution in [2.24, 2.45) is 5.92 Å². The second-order valence-corrected chi connectivity index (χ2v) is 6.24. The van der Waals surface area contributed by atoms with Crippen LogP contribution in [0.1, 0.15) is 24.0 Å². The topological polar surface area (TPSA) is 60.4 Å². The van der Waals surface area contributed by atoms with Gasteiger partial charge in [0.25, 0.3) is 0 Å². The van der Waals surface area contributed by atoms with Gasteiger partial charge >= 0.3 is 5.97 Å².